The molecule has 0 spiro atoms. The van der Waals surface area contributed by atoms with E-state index in [0.717, 1.165) is 10.2 Å². The number of rotatable bonds is 4. The van der Waals surface area contributed by atoms with Crippen molar-refractivity contribution in [1.82, 2.24) is 20.5 Å². The second-order valence-electron chi connectivity index (χ2n) is 3.59. The Bertz CT molecular complexity index is 554. The number of nitrogens with zero attached hydrogens (tertiary/aromatic N) is 2. The summed E-state index contributed by atoms with van der Waals surface area (Å²) in [5, 5.41) is 12.0. The maximum atomic E-state index is 11.6. The third-order valence-electron chi connectivity index (χ3n) is 2.29. The lowest BCUT2D eigenvalue weighted by Gasteiger charge is -2.07. The standard InChI is InChI=1S/C11H12BrN5O2/c1-19-10-3-2-7(4-13-10)16-11(18)14-6-9-8(12)5-15-17-9/h2-5H,6H2,1H3,(H,15,17)(H2,14,16,18). The molecule has 0 bridgehead atoms. The van der Waals surface area contributed by atoms with Crippen molar-refractivity contribution in [1.29, 1.82) is 0 Å². The van der Waals surface area contributed by atoms with Gasteiger partial charge in [-0.25, -0.2) is 9.78 Å². The average molecular weight is 326 g/mol. The van der Waals surface area contributed by atoms with Gasteiger partial charge in [-0.15, -0.1) is 0 Å². The topological polar surface area (TPSA) is 91.9 Å². The number of urea groups is 1. The Morgan fingerprint density at radius 3 is 2.89 bits per heavy atom. The van der Waals surface area contributed by atoms with Crippen molar-refractivity contribution in [2.75, 3.05) is 12.4 Å². The summed E-state index contributed by atoms with van der Waals surface area (Å²) in [6, 6.07) is 3.05. The van der Waals surface area contributed by atoms with E-state index < -0.39 is 0 Å². The van der Waals surface area contributed by atoms with Gasteiger partial charge in [-0.3, -0.25) is 5.10 Å². The zero-order valence-electron chi connectivity index (χ0n) is 10.1. The van der Waals surface area contributed by atoms with Gasteiger partial charge in [0.2, 0.25) is 5.88 Å². The van der Waals surface area contributed by atoms with E-state index in [4.69, 9.17) is 4.74 Å². The fraction of sp³-hybridized carbons (Fsp3) is 0.182. The number of carbonyl (C=O) groups excluding carboxylic acids is 1. The minimum absolute atomic E-state index is 0.325. The lowest BCUT2D eigenvalue weighted by molar-refractivity contribution is 0.251. The van der Waals surface area contributed by atoms with Crippen molar-refractivity contribution in [3.05, 3.63) is 34.7 Å². The monoisotopic (exact) mass is 325 g/mol. The quantitative estimate of drug-likeness (QED) is 0.800. The summed E-state index contributed by atoms with van der Waals surface area (Å²) in [7, 11) is 1.53. The highest BCUT2D eigenvalue weighted by Crippen LogP contribution is 2.13. The number of methoxy groups -OCH3 is 1. The van der Waals surface area contributed by atoms with Crippen LogP contribution in [-0.4, -0.2) is 28.3 Å². The highest BCUT2D eigenvalue weighted by molar-refractivity contribution is 9.10. The summed E-state index contributed by atoms with van der Waals surface area (Å²) in [4.78, 5) is 15.6. The van der Waals surface area contributed by atoms with Crippen LogP contribution >= 0.6 is 15.9 Å². The first-order chi connectivity index (χ1) is 9.19. The van der Waals surface area contributed by atoms with E-state index in [1.807, 2.05) is 0 Å². The first-order valence-corrected chi connectivity index (χ1v) is 6.21. The maximum absolute atomic E-state index is 11.6. The zero-order chi connectivity index (χ0) is 13.7. The molecule has 2 aromatic heterocycles. The predicted molar refractivity (Wildman–Crippen MR) is 72.9 cm³/mol. The van der Waals surface area contributed by atoms with E-state index >= 15 is 0 Å². The lowest BCUT2D eigenvalue weighted by Crippen LogP contribution is -2.28. The molecule has 2 aromatic rings. The normalized spacial score (nSPS) is 10.0. The second-order valence-corrected chi connectivity index (χ2v) is 4.45. The number of carbonyl (C=O) groups is 1. The van der Waals surface area contributed by atoms with E-state index in [2.05, 4.69) is 41.7 Å². The van der Waals surface area contributed by atoms with E-state index in [9.17, 15) is 4.79 Å². The minimum atomic E-state index is -0.325. The van der Waals surface area contributed by atoms with Gasteiger partial charge in [0.1, 0.15) is 0 Å². The van der Waals surface area contributed by atoms with Gasteiger partial charge < -0.3 is 15.4 Å². The summed E-state index contributed by atoms with van der Waals surface area (Å²) in [6.45, 7) is 0.343. The number of hydrogen-bond donors (Lipinski definition) is 3. The van der Waals surface area contributed by atoms with Crippen LogP contribution in [0.25, 0.3) is 0 Å². The molecule has 19 heavy (non-hydrogen) atoms. The molecular formula is C11H12BrN5O2. The van der Waals surface area contributed by atoms with E-state index in [1.165, 1.54) is 13.3 Å². The third kappa shape index (κ3) is 3.68. The van der Waals surface area contributed by atoms with Gasteiger partial charge in [0, 0.05) is 6.07 Å². The van der Waals surface area contributed by atoms with Crippen molar-refractivity contribution >= 4 is 27.6 Å². The van der Waals surface area contributed by atoms with Crippen molar-refractivity contribution < 1.29 is 9.53 Å². The average Bonchev–Trinajstić information content (AvgIpc) is 2.83. The summed E-state index contributed by atoms with van der Waals surface area (Å²) in [5.74, 6) is 0.493. The van der Waals surface area contributed by atoms with Crippen LogP contribution in [-0.2, 0) is 6.54 Å². The molecule has 0 fully saturated rings. The number of pyridine rings is 1. The first kappa shape index (κ1) is 13.3. The number of halogens is 1. The van der Waals surface area contributed by atoms with Crippen molar-refractivity contribution in [3.63, 3.8) is 0 Å². The first-order valence-electron chi connectivity index (χ1n) is 5.41. The fourth-order valence-electron chi connectivity index (χ4n) is 1.34. The Labute approximate surface area is 117 Å². The molecule has 0 radical (unpaired) electrons. The van der Waals surface area contributed by atoms with Crippen LogP contribution in [0.15, 0.2) is 29.0 Å². The molecular weight excluding hydrogens is 314 g/mol. The summed E-state index contributed by atoms with van der Waals surface area (Å²) in [6.07, 6.45) is 3.15. The van der Waals surface area contributed by atoms with Crippen LogP contribution in [0, 0.1) is 0 Å². The molecule has 0 unspecified atom stereocenters. The molecule has 2 heterocycles. The molecule has 0 aromatic carbocycles. The Kier molecular flexibility index (Phi) is 4.35. The molecule has 0 aliphatic rings. The van der Waals surface area contributed by atoms with Gasteiger partial charge >= 0.3 is 6.03 Å². The molecule has 3 N–H and O–H groups in total. The third-order valence-corrected chi connectivity index (χ3v) is 2.98. The van der Waals surface area contributed by atoms with Gasteiger partial charge in [0.15, 0.2) is 0 Å². The zero-order valence-corrected chi connectivity index (χ0v) is 11.7. The summed E-state index contributed by atoms with van der Waals surface area (Å²) in [5.41, 5.74) is 1.38. The molecule has 0 saturated heterocycles. The second kappa shape index (κ2) is 6.19. The largest absolute Gasteiger partial charge is 0.481 e. The number of nitrogens with one attached hydrogen (secondary N) is 3. The number of aromatic nitrogens is 3. The number of H-pyrrole nitrogens is 1. The number of anilines is 1. The molecule has 100 valence electrons. The van der Waals surface area contributed by atoms with E-state index in [1.54, 1.807) is 18.3 Å². The van der Waals surface area contributed by atoms with Crippen LogP contribution in [0.3, 0.4) is 0 Å². The van der Waals surface area contributed by atoms with Crippen LogP contribution in [0.1, 0.15) is 5.69 Å². The van der Waals surface area contributed by atoms with Gasteiger partial charge in [-0.1, -0.05) is 0 Å². The molecule has 2 rings (SSSR count). The SMILES string of the molecule is COc1ccc(NC(=O)NCc2[nH]ncc2Br)cn1. The highest BCUT2D eigenvalue weighted by atomic mass is 79.9. The Morgan fingerprint density at radius 2 is 2.32 bits per heavy atom. The Morgan fingerprint density at radius 1 is 1.47 bits per heavy atom. The van der Waals surface area contributed by atoms with Crippen molar-refractivity contribution in [2.24, 2.45) is 0 Å². The Balaban J connectivity index is 1.85. The molecule has 8 heteroatoms. The number of hydrogen-bond acceptors (Lipinski definition) is 4. The fourth-order valence-corrected chi connectivity index (χ4v) is 1.67. The van der Waals surface area contributed by atoms with E-state index in [0.29, 0.717) is 18.1 Å². The summed E-state index contributed by atoms with van der Waals surface area (Å²) < 4.78 is 5.75. The molecule has 0 aliphatic carbocycles. The molecule has 0 atom stereocenters. The van der Waals surface area contributed by atoms with Gasteiger partial charge in [0.05, 0.1) is 41.9 Å². The lowest BCUT2D eigenvalue weighted by atomic mass is 10.4. The van der Waals surface area contributed by atoms with Crippen molar-refractivity contribution in [3.8, 4) is 5.88 Å². The Hall–Kier alpha value is -2.09. The summed E-state index contributed by atoms with van der Waals surface area (Å²) >= 11 is 3.31. The predicted octanol–water partition coefficient (Wildman–Crippen LogP) is 1.90. The minimum Gasteiger partial charge on any atom is -0.481 e. The van der Waals surface area contributed by atoms with Crippen LogP contribution in [0.4, 0.5) is 10.5 Å². The number of amides is 2. The van der Waals surface area contributed by atoms with Crippen molar-refractivity contribution in [2.45, 2.75) is 6.54 Å². The highest BCUT2D eigenvalue weighted by Gasteiger charge is 2.05. The number of aromatic amines is 1. The van der Waals surface area contributed by atoms with Gasteiger partial charge in [-0.2, -0.15) is 5.10 Å². The van der Waals surface area contributed by atoms with E-state index in [-0.39, 0.29) is 6.03 Å². The number of ether oxygens (including phenoxy) is 1. The maximum Gasteiger partial charge on any atom is 0.319 e. The van der Waals surface area contributed by atoms with Crippen LogP contribution < -0.4 is 15.4 Å². The molecule has 2 amide bonds. The molecule has 0 aliphatic heterocycles. The van der Waals surface area contributed by atoms with Crippen LogP contribution in [0.2, 0.25) is 0 Å². The van der Waals surface area contributed by atoms with Gasteiger partial charge in [-0.05, 0) is 22.0 Å². The smallest absolute Gasteiger partial charge is 0.319 e. The van der Waals surface area contributed by atoms with Crippen LogP contribution in [0.5, 0.6) is 5.88 Å². The molecule has 7 nitrogen and oxygen atoms in total. The van der Waals surface area contributed by atoms with Gasteiger partial charge in [0.25, 0.3) is 0 Å². The molecule has 0 saturated carbocycles.